The second-order valence-corrected chi connectivity index (χ2v) is 3.45. The first-order valence-electron chi connectivity index (χ1n) is 3.85. The summed E-state index contributed by atoms with van der Waals surface area (Å²) >= 11 is 3.27. The molecule has 1 N–H and O–H groups in total. The van der Waals surface area contributed by atoms with Crippen LogP contribution in [0.25, 0.3) is 0 Å². The molecule has 72 valence electrons. The summed E-state index contributed by atoms with van der Waals surface area (Å²) in [7, 11) is 0. The Kier molecular flexibility index (Phi) is 4.18. The van der Waals surface area contributed by atoms with E-state index >= 15 is 0 Å². The molecule has 0 aliphatic carbocycles. The van der Waals surface area contributed by atoms with Gasteiger partial charge in [0, 0.05) is 4.47 Å². The Morgan fingerprint density at radius 3 is 2.46 bits per heavy atom. The number of aliphatic hydroxyl groups is 1. The Hall–Kier alpha value is -0.610. The SMILES string of the molecule is OC[C@H](CF)Oc1ccc(Br)cc1. The van der Waals surface area contributed by atoms with E-state index in [2.05, 4.69) is 15.9 Å². The smallest absolute Gasteiger partial charge is 0.150 e. The summed E-state index contributed by atoms with van der Waals surface area (Å²) in [6.07, 6.45) is -0.763. The van der Waals surface area contributed by atoms with Gasteiger partial charge < -0.3 is 9.84 Å². The van der Waals surface area contributed by atoms with Crippen LogP contribution < -0.4 is 4.74 Å². The lowest BCUT2D eigenvalue weighted by Gasteiger charge is -2.12. The van der Waals surface area contributed by atoms with Crippen molar-refractivity contribution in [2.24, 2.45) is 0 Å². The molecule has 1 atom stereocenters. The van der Waals surface area contributed by atoms with Crippen molar-refractivity contribution in [3.8, 4) is 5.75 Å². The maximum absolute atomic E-state index is 12.1. The zero-order chi connectivity index (χ0) is 9.68. The van der Waals surface area contributed by atoms with E-state index < -0.39 is 12.8 Å². The third kappa shape index (κ3) is 3.32. The fourth-order valence-corrected chi connectivity index (χ4v) is 1.09. The lowest BCUT2D eigenvalue weighted by atomic mass is 10.3. The molecule has 0 fully saturated rings. The average molecular weight is 249 g/mol. The molecule has 2 nitrogen and oxygen atoms in total. The number of rotatable bonds is 4. The average Bonchev–Trinajstić information content (AvgIpc) is 2.17. The van der Waals surface area contributed by atoms with Gasteiger partial charge in [0.2, 0.25) is 0 Å². The molecule has 4 heteroatoms. The van der Waals surface area contributed by atoms with Gasteiger partial charge in [0.05, 0.1) is 6.61 Å². The van der Waals surface area contributed by atoms with Crippen LogP contribution >= 0.6 is 15.9 Å². The van der Waals surface area contributed by atoms with E-state index in [0.29, 0.717) is 5.75 Å². The predicted molar refractivity (Wildman–Crippen MR) is 51.6 cm³/mol. The summed E-state index contributed by atoms with van der Waals surface area (Å²) in [5.41, 5.74) is 0. The Morgan fingerprint density at radius 2 is 2.00 bits per heavy atom. The molecule has 0 saturated heterocycles. The van der Waals surface area contributed by atoms with Crippen LogP contribution in [0, 0.1) is 0 Å². The van der Waals surface area contributed by atoms with Gasteiger partial charge in [-0.05, 0) is 24.3 Å². The van der Waals surface area contributed by atoms with Gasteiger partial charge in [-0.2, -0.15) is 0 Å². The predicted octanol–water partition coefficient (Wildman–Crippen LogP) is 2.16. The maximum atomic E-state index is 12.1. The summed E-state index contributed by atoms with van der Waals surface area (Å²) in [5.74, 6) is 0.555. The molecule has 0 radical (unpaired) electrons. The quantitative estimate of drug-likeness (QED) is 0.885. The number of benzene rings is 1. The summed E-state index contributed by atoms with van der Waals surface area (Å²) in [4.78, 5) is 0. The highest BCUT2D eigenvalue weighted by molar-refractivity contribution is 9.10. The van der Waals surface area contributed by atoms with E-state index in [0.717, 1.165) is 4.47 Å². The van der Waals surface area contributed by atoms with Crippen molar-refractivity contribution >= 4 is 15.9 Å². The summed E-state index contributed by atoms with van der Waals surface area (Å²) in [6, 6.07) is 7.01. The Morgan fingerprint density at radius 1 is 1.38 bits per heavy atom. The first-order chi connectivity index (χ1) is 6.26. The summed E-state index contributed by atoms with van der Waals surface area (Å²) < 4.78 is 18.2. The molecule has 0 saturated carbocycles. The lowest BCUT2D eigenvalue weighted by molar-refractivity contribution is 0.0931. The molecule has 0 aliphatic heterocycles. The number of ether oxygens (including phenoxy) is 1. The van der Waals surface area contributed by atoms with E-state index in [1.165, 1.54) is 0 Å². The van der Waals surface area contributed by atoms with Gasteiger partial charge in [0.15, 0.2) is 0 Å². The first-order valence-corrected chi connectivity index (χ1v) is 4.64. The van der Waals surface area contributed by atoms with Gasteiger partial charge >= 0.3 is 0 Å². The molecule has 0 aromatic heterocycles. The van der Waals surface area contributed by atoms with Crippen molar-refractivity contribution in [1.29, 1.82) is 0 Å². The van der Waals surface area contributed by atoms with Crippen LogP contribution in [0.4, 0.5) is 4.39 Å². The van der Waals surface area contributed by atoms with Gasteiger partial charge in [-0.1, -0.05) is 15.9 Å². The van der Waals surface area contributed by atoms with Crippen molar-refractivity contribution in [1.82, 2.24) is 0 Å². The van der Waals surface area contributed by atoms with E-state index in [-0.39, 0.29) is 6.61 Å². The number of alkyl halides is 1. The van der Waals surface area contributed by atoms with Crippen molar-refractivity contribution in [2.45, 2.75) is 6.10 Å². The van der Waals surface area contributed by atoms with Crippen LogP contribution in [0.5, 0.6) is 5.75 Å². The van der Waals surface area contributed by atoms with Crippen LogP contribution in [0.2, 0.25) is 0 Å². The maximum Gasteiger partial charge on any atom is 0.150 e. The first kappa shape index (κ1) is 10.5. The van der Waals surface area contributed by atoms with Gasteiger partial charge in [-0.15, -0.1) is 0 Å². The molecule has 0 bridgehead atoms. The number of hydrogen-bond donors (Lipinski definition) is 1. The molecule has 0 spiro atoms. The van der Waals surface area contributed by atoms with Crippen molar-refractivity contribution < 1.29 is 14.2 Å². The van der Waals surface area contributed by atoms with Crippen LogP contribution in [-0.4, -0.2) is 24.5 Å². The van der Waals surface area contributed by atoms with Crippen molar-refractivity contribution in [3.63, 3.8) is 0 Å². The molecule has 1 aromatic rings. The fraction of sp³-hybridized carbons (Fsp3) is 0.333. The largest absolute Gasteiger partial charge is 0.485 e. The molecular formula is C9H10BrFO2. The standard InChI is InChI=1S/C9H10BrFO2/c10-7-1-3-8(4-2-7)13-9(5-11)6-12/h1-4,9,12H,5-6H2/t9-/m0/s1. The zero-order valence-corrected chi connectivity index (χ0v) is 8.50. The number of halogens is 2. The van der Waals surface area contributed by atoms with Crippen LogP contribution in [0.1, 0.15) is 0 Å². The minimum atomic E-state index is -0.763. The van der Waals surface area contributed by atoms with Gasteiger partial charge in [0.25, 0.3) is 0 Å². The highest BCUT2D eigenvalue weighted by atomic mass is 79.9. The molecule has 0 unspecified atom stereocenters. The molecule has 1 aromatic carbocycles. The Balaban J connectivity index is 2.58. The third-order valence-corrected chi connectivity index (χ3v) is 2.02. The van der Waals surface area contributed by atoms with Crippen LogP contribution in [0.15, 0.2) is 28.7 Å². The molecule has 1 rings (SSSR count). The highest BCUT2D eigenvalue weighted by Gasteiger charge is 2.07. The monoisotopic (exact) mass is 248 g/mol. The third-order valence-electron chi connectivity index (χ3n) is 1.49. The Bertz CT molecular complexity index is 246. The van der Waals surface area contributed by atoms with E-state index in [9.17, 15) is 4.39 Å². The number of aliphatic hydroxyl groups excluding tert-OH is 1. The summed E-state index contributed by atoms with van der Waals surface area (Å²) in [5, 5.41) is 8.67. The van der Waals surface area contributed by atoms with E-state index in [1.807, 2.05) is 0 Å². The zero-order valence-electron chi connectivity index (χ0n) is 6.91. The van der Waals surface area contributed by atoms with Gasteiger partial charge in [-0.25, -0.2) is 4.39 Å². The molecule has 0 heterocycles. The molecule has 13 heavy (non-hydrogen) atoms. The topological polar surface area (TPSA) is 29.5 Å². The molecular weight excluding hydrogens is 239 g/mol. The van der Waals surface area contributed by atoms with Crippen LogP contribution in [0.3, 0.4) is 0 Å². The number of hydrogen-bond acceptors (Lipinski definition) is 2. The molecule has 0 amide bonds. The minimum Gasteiger partial charge on any atom is -0.485 e. The fourth-order valence-electron chi connectivity index (χ4n) is 0.823. The molecule has 0 aliphatic rings. The second kappa shape index (κ2) is 5.19. The van der Waals surface area contributed by atoms with E-state index in [4.69, 9.17) is 9.84 Å². The van der Waals surface area contributed by atoms with Gasteiger partial charge in [0.1, 0.15) is 18.5 Å². The lowest BCUT2D eigenvalue weighted by Crippen LogP contribution is -2.23. The highest BCUT2D eigenvalue weighted by Crippen LogP contribution is 2.17. The Labute approximate surface area is 84.5 Å². The minimum absolute atomic E-state index is 0.313. The second-order valence-electron chi connectivity index (χ2n) is 2.53. The van der Waals surface area contributed by atoms with E-state index in [1.54, 1.807) is 24.3 Å². The van der Waals surface area contributed by atoms with Crippen LogP contribution in [-0.2, 0) is 0 Å². The van der Waals surface area contributed by atoms with Crippen molar-refractivity contribution in [3.05, 3.63) is 28.7 Å². The normalized spacial score (nSPS) is 12.5. The van der Waals surface area contributed by atoms with Gasteiger partial charge in [-0.3, -0.25) is 0 Å². The van der Waals surface area contributed by atoms with Crippen molar-refractivity contribution in [2.75, 3.05) is 13.3 Å². The summed E-state index contributed by atoms with van der Waals surface area (Å²) in [6.45, 7) is -1.00.